The summed E-state index contributed by atoms with van der Waals surface area (Å²) in [4.78, 5) is 21.8. The van der Waals surface area contributed by atoms with E-state index in [-0.39, 0.29) is 16.2 Å². The predicted molar refractivity (Wildman–Crippen MR) is 68.5 cm³/mol. The van der Waals surface area contributed by atoms with Crippen molar-refractivity contribution in [3.05, 3.63) is 41.0 Å². The zero-order valence-corrected chi connectivity index (χ0v) is 10.8. The largest absolute Gasteiger partial charge is 0.294 e. The molecule has 0 aliphatic carbocycles. The normalized spacial score (nSPS) is 10.9. The Labute approximate surface area is 108 Å². The van der Waals surface area contributed by atoms with E-state index >= 15 is 0 Å². The van der Waals surface area contributed by atoms with E-state index in [4.69, 9.17) is 0 Å². The Hall–Kier alpha value is -1.49. The van der Waals surface area contributed by atoms with Gasteiger partial charge in [-0.05, 0) is 13.0 Å². The summed E-state index contributed by atoms with van der Waals surface area (Å²) in [6.07, 6.45) is 3.02. The molecule has 0 spiro atoms. The van der Waals surface area contributed by atoms with E-state index in [1.807, 2.05) is 0 Å². The fourth-order valence-corrected chi connectivity index (χ4v) is 1.73. The Kier molecular flexibility index (Phi) is 5.22. The zero-order chi connectivity index (χ0) is 13.7. The second kappa shape index (κ2) is 6.44. The molecule has 2 nitrogen and oxygen atoms in total. The van der Waals surface area contributed by atoms with Crippen LogP contribution >= 0.6 is 11.8 Å². The number of ketones is 1. The van der Waals surface area contributed by atoms with Crippen LogP contribution in [0.1, 0.15) is 29.8 Å². The molecule has 18 heavy (non-hydrogen) atoms. The lowest BCUT2D eigenvalue weighted by Gasteiger charge is -2.02. The van der Waals surface area contributed by atoms with Gasteiger partial charge in [0, 0.05) is 24.3 Å². The molecule has 0 unspecified atom stereocenters. The SMILES string of the molecule is CC(=O)SCC=Cc1cc(C(C)=O)c(F)cc1F. The van der Waals surface area contributed by atoms with Crippen LogP contribution in [0.5, 0.6) is 0 Å². The molecule has 0 aromatic heterocycles. The highest BCUT2D eigenvalue weighted by Gasteiger charge is 2.11. The first-order chi connectivity index (χ1) is 8.41. The summed E-state index contributed by atoms with van der Waals surface area (Å²) in [5.41, 5.74) is -0.0129. The van der Waals surface area contributed by atoms with Crippen molar-refractivity contribution < 1.29 is 18.4 Å². The summed E-state index contributed by atoms with van der Waals surface area (Å²) < 4.78 is 26.6. The number of hydrogen-bond acceptors (Lipinski definition) is 3. The highest BCUT2D eigenvalue weighted by atomic mass is 32.2. The Bertz CT molecular complexity index is 510. The van der Waals surface area contributed by atoms with Crippen LogP contribution in [0, 0.1) is 11.6 Å². The minimum atomic E-state index is -0.865. The second-order valence-electron chi connectivity index (χ2n) is 3.61. The Morgan fingerprint density at radius 2 is 1.89 bits per heavy atom. The molecule has 0 aliphatic heterocycles. The van der Waals surface area contributed by atoms with Gasteiger partial charge in [-0.3, -0.25) is 9.59 Å². The first kappa shape index (κ1) is 14.6. The molecule has 0 saturated carbocycles. The number of rotatable bonds is 4. The van der Waals surface area contributed by atoms with Crippen LogP contribution in [0.2, 0.25) is 0 Å². The summed E-state index contributed by atoms with van der Waals surface area (Å²) in [6, 6.07) is 1.86. The van der Waals surface area contributed by atoms with Crippen LogP contribution in [0.25, 0.3) is 6.08 Å². The molecule has 96 valence electrons. The van der Waals surface area contributed by atoms with Crippen molar-refractivity contribution in [1.29, 1.82) is 0 Å². The maximum atomic E-state index is 13.4. The maximum Gasteiger partial charge on any atom is 0.186 e. The standard InChI is InChI=1S/C13H12F2O2S/c1-8(16)11-6-10(12(14)7-13(11)15)4-3-5-18-9(2)17/h3-4,6-7H,5H2,1-2H3. The number of carbonyl (C=O) groups is 2. The molecule has 5 heteroatoms. The average Bonchev–Trinajstić information content (AvgIpc) is 2.25. The highest BCUT2D eigenvalue weighted by molar-refractivity contribution is 8.13. The van der Waals surface area contributed by atoms with Gasteiger partial charge in [-0.1, -0.05) is 23.9 Å². The van der Waals surface area contributed by atoms with Gasteiger partial charge >= 0.3 is 0 Å². The summed E-state index contributed by atoms with van der Waals surface area (Å²) in [6.45, 7) is 2.65. The third-order valence-corrected chi connectivity index (χ3v) is 2.91. The van der Waals surface area contributed by atoms with E-state index in [0.29, 0.717) is 11.8 Å². The third kappa shape index (κ3) is 4.07. The van der Waals surface area contributed by atoms with Crippen molar-refractivity contribution in [2.45, 2.75) is 13.8 Å². The fraction of sp³-hybridized carbons (Fsp3) is 0.231. The lowest BCUT2D eigenvalue weighted by Crippen LogP contribution is -1.99. The van der Waals surface area contributed by atoms with Gasteiger partial charge in [0.2, 0.25) is 0 Å². The Morgan fingerprint density at radius 1 is 1.22 bits per heavy atom. The van der Waals surface area contributed by atoms with Crippen molar-refractivity contribution in [3.63, 3.8) is 0 Å². The minimum Gasteiger partial charge on any atom is -0.294 e. The highest BCUT2D eigenvalue weighted by Crippen LogP contribution is 2.17. The van der Waals surface area contributed by atoms with Crippen molar-refractivity contribution in [2.75, 3.05) is 5.75 Å². The van der Waals surface area contributed by atoms with Crippen LogP contribution in [0.4, 0.5) is 8.78 Å². The van der Waals surface area contributed by atoms with E-state index in [1.165, 1.54) is 26.0 Å². The molecule has 0 saturated heterocycles. The first-order valence-corrected chi connectivity index (χ1v) is 6.20. The van der Waals surface area contributed by atoms with Gasteiger partial charge in [-0.25, -0.2) is 8.78 Å². The fourth-order valence-electron chi connectivity index (χ4n) is 1.30. The van der Waals surface area contributed by atoms with Gasteiger partial charge in [0.15, 0.2) is 10.9 Å². The lowest BCUT2D eigenvalue weighted by molar-refractivity contribution is -0.109. The van der Waals surface area contributed by atoms with Crippen molar-refractivity contribution in [3.8, 4) is 0 Å². The van der Waals surface area contributed by atoms with E-state index in [9.17, 15) is 18.4 Å². The molecule has 0 heterocycles. The molecule has 0 aliphatic rings. The third-order valence-electron chi connectivity index (χ3n) is 2.15. The smallest absolute Gasteiger partial charge is 0.186 e. The summed E-state index contributed by atoms with van der Waals surface area (Å²) in [5, 5.41) is -0.0383. The Balaban J connectivity index is 2.92. The number of benzene rings is 1. The average molecular weight is 270 g/mol. The molecule has 0 radical (unpaired) electrons. The first-order valence-electron chi connectivity index (χ1n) is 5.21. The van der Waals surface area contributed by atoms with Crippen LogP contribution in [0.3, 0.4) is 0 Å². The van der Waals surface area contributed by atoms with Crippen LogP contribution < -0.4 is 0 Å². The lowest BCUT2D eigenvalue weighted by atomic mass is 10.1. The van der Waals surface area contributed by atoms with Crippen molar-refractivity contribution in [2.24, 2.45) is 0 Å². The van der Waals surface area contributed by atoms with Gasteiger partial charge in [-0.15, -0.1) is 0 Å². The number of Topliss-reactive ketones (excluding diaryl/α,β-unsaturated/α-hetero) is 1. The summed E-state index contributed by atoms with van der Waals surface area (Å²) >= 11 is 1.08. The molecule has 0 fully saturated rings. The summed E-state index contributed by atoms with van der Waals surface area (Å²) in [7, 11) is 0. The second-order valence-corrected chi connectivity index (χ2v) is 4.81. The molecule has 1 aromatic carbocycles. The molecule has 0 bridgehead atoms. The van der Waals surface area contributed by atoms with Gasteiger partial charge in [0.25, 0.3) is 0 Å². The monoisotopic (exact) mass is 270 g/mol. The van der Waals surface area contributed by atoms with Gasteiger partial charge < -0.3 is 0 Å². The topological polar surface area (TPSA) is 34.1 Å². The quantitative estimate of drug-likeness (QED) is 0.786. The van der Waals surface area contributed by atoms with Crippen LogP contribution in [-0.4, -0.2) is 16.7 Å². The maximum absolute atomic E-state index is 13.4. The van der Waals surface area contributed by atoms with E-state index in [1.54, 1.807) is 6.08 Å². The van der Waals surface area contributed by atoms with Crippen molar-refractivity contribution in [1.82, 2.24) is 0 Å². The molecular weight excluding hydrogens is 258 g/mol. The van der Waals surface area contributed by atoms with Gasteiger partial charge in [-0.2, -0.15) is 0 Å². The zero-order valence-electron chi connectivity index (χ0n) is 10.00. The van der Waals surface area contributed by atoms with Gasteiger partial charge in [0.05, 0.1) is 5.56 Å². The van der Waals surface area contributed by atoms with Gasteiger partial charge in [0.1, 0.15) is 11.6 Å². The number of halogens is 2. The molecule has 1 aromatic rings. The summed E-state index contributed by atoms with van der Waals surface area (Å²) in [5.74, 6) is -1.65. The number of hydrogen-bond donors (Lipinski definition) is 0. The molecule has 0 amide bonds. The molecular formula is C13H12F2O2S. The van der Waals surface area contributed by atoms with Crippen LogP contribution in [-0.2, 0) is 4.79 Å². The predicted octanol–water partition coefficient (Wildman–Crippen LogP) is 3.46. The minimum absolute atomic E-state index is 0.0383. The molecule has 0 N–H and O–H groups in total. The molecule has 0 atom stereocenters. The Morgan fingerprint density at radius 3 is 2.44 bits per heavy atom. The number of carbonyl (C=O) groups excluding carboxylic acids is 2. The molecule has 1 rings (SSSR count). The number of thioether (sulfide) groups is 1. The van der Waals surface area contributed by atoms with Crippen LogP contribution in [0.15, 0.2) is 18.2 Å². The van der Waals surface area contributed by atoms with Crippen molar-refractivity contribution >= 4 is 28.7 Å². The van der Waals surface area contributed by atoms with E-state index < -0.39 is 17.4 Å². The van der Waals surface area contributed by atoms with E-state index in [0.717, 1.165) is 11.8 Å². The van der Waals surface area contributed by atoms with E-state index in [2.05, 4.69) is 0 Å².